The van der Waals surface area contributed by atoms with Crippen LogP contribution in [-0.4, -0.2) is 35.0 Å². The molecule has 2 atom stereocenters. The second kappa shape index (κ2) is 2.86. The molecule has 1 fully saturated rings. The van der Waals surface area contributed by atoms with E-state index in [-0.39, 0.29) is 0 Å². The summed E-state index contributed by atoms with van der Waals surface area (Å²) in [7, 11) is 0. The van der Waals surface area contributed by atoms with Crippen molar-refractivity contribution in [1.82, 2.24) is 5.32 Å². The first kappa shape index (κ1) is 7.98. The molecule has 0 aromatic heterocycles. The standard InChI is InChI=1S/C7H15NO2/c1-2-7(10)3-4-8-5-6(7)9/h6,8-10H,2-5H2,1H3. The lowest BCUT2D eigenvalue weighted by atomic mass is 9.87. The summed E-state index contributed by atoms with van der Waals surface area (Å²) < 4.78 is 0. The van der Waals surface area contributed by atoms with E-state index in [1.54, 1.807) is 0 Å². The molecule has 60 valence electrons. The van der Waals surface area contributed by atoms with Gasteiger partial charge in [-0.25, -0.2) is 0 Å². The van der Waals surface area contributed by atoms with Gasteiger partial charge in [0.2, 0.25) is 0 Å². The predicted molar refractivity (Wildman–Crippen MR) is 38.7 cm³/mol. The van der Waals surface area contributed by atoms with Crippen molar-refractivity contribution >= 4 is 0 Å². The van der Waals surface area contributed by atoms with E-state index in [0.29, 0.717) is 19.4 Å². The summed E-state index contributed by atoms with van der Waals surface area (Å²) in [5.41, 5.74) is -0.828. The number of hydrogen-bond acceptors (Lipinski definition) is 3. The zero-order valence-electron chi connectivity index (χ0n) is 6.30. The molecular weight excluding hydrogens is 130 g/mol. The summed E-state index contributed by atoms with van der Waals surface area (Å²) in [5, 5.41) is 22.0. The van der Waals surface area contributed by atoms with Crippen LogP contribution < -0.4 is 5.32 Å². The summed E-state index contributed by atoms with van der Waals surface area (Å²) in [5.74, 6) is 0. The van der Waals surface area contributed by atoms with Gasteiger partial charge in [0, 0.05) is 6.54 Å². The monoisotopic (exact) mass is 145 g/mol. The Balaban J connectivity index is 2.54. The summed E-state index contributed by atoms with van der Waals surface area (Å²) in [4.78, 5) is 0. The van der Waals surface area contributed by atoms with Gasteiger partial charge in [-0.1, -0.05) is 6.92 Å². The molecule has 1 aliphatic heterocycles. The Bertz CT molecular complexity index is 118. The Morgan fingerprint density at radius 2 is 2.40 bits per heavy atom. The molecule has 0 amide bonds. The molecule has 10 heavy (non-hydrogen) atoms. The second-order valence-corrected chi connectivity index (χ2v) is 2.93. The predicted octanol–water partition coefficient (Wildman–Crippen LogP) is -0.518. The highest BCUT2D eigenvalue weighted by Crippen LogP contribution is 2.21. The number of hydrogen-bond donors (Lipinski definition) is 3. The average Bonchev–Trinajstić information content (AvgIpc) is 1.96. The van der Waals surface area contributed by atoms with Gasteiger partial charge in [0.05, 0.1) is 11.7 Å². The number of β-amino-alcohol motifs (C(OH)–C–C–N with tert-alkyl or cyclic N) is 1. The molecule has 3 N–H and O–H groups in total. The van der Waals surface area contributed by atoms with Crippen molar-refractivity contribution in [2.45, 2.75) is 31.5 Å². The molecular formula is C7H15NO2. The first-order valence-electron chi connectivity index (χ1n) is 3.80. The van der Waals surface area contributed by atoms with Gasteiger partial charge in [-0.05, 0) is 19.4 Å². The molecule has 3 nitrogen and oxygen atoms in total. The Labute approximate surface area is 61.1 Å². The van der Waals surface area contributed by atoms with Crippen LogP contribution in [0.2, 0.25) is 0 Å². The molecule has 1 saturated heterocycles. The first-order valence-corrected chi connectivity index (χ1v) is 3.80. The molecule has 1 heterocycles. The molecule has 0 spiro atoms. The maximum absolute atomic E-state index is 9.66. The van der Waals surface area contributed by atoms with Gasteiger partial charge in [0.1, 0.15) is 0 Å². The fraction of sp³-hybridized carbons (Fsp3) is 1.00. The van der Waals surface area contributed by atoms with Crippen molar-refractivity contribution in [2.75, 3.05) is 13.1 Å². The number of aliphatic hydroxyl groups excluding tert-OH is 1. The number of nitrogens with one attached hydrogen (secondary N) is 1. The van der Waals surface area contributed by atoms with Crippen LogP contribution in [0, 0.1) is 0 Å². The highest BCUT2D eigenvalue weighted by Gasteiger charge is 2.35. The molecule has 1 aliphatic rings. The molecule has 1 rings (SSSR count). The first-order chi connectivity index (χ1) is 4.69. The van der Waals surface area contributed by atoms with E-state index in [1.807, 2.05) is 6.92 Å². The lowest BCUT2D eigenvalue weighted by Crippen LogP contribution is -2.53. The molecule has 0 aromatic rings. The fourth-order valence-corrected chi connectivity index (χ4v) is 1.31. The largest absolute Gasteiger partial charge is 0.389 e. The summed E-state index contributed by atoms with van der Waals surface area (Å²) in [6, 6.07) is 0. The molecule has 0 radical (unpaired) electrons. The molecule has 3 heteroatoms. The smallest absolute Gasteiger partial charge is 0.0951 e. The quantitative estimate of drug-likeness (QED) is 0.465. The Morgan fingerprint density at radius 3 is 2.80 bits per heavy atom. The van der Waals surface area contributed by atoms with Crippen molar-refractivity contribution in [3.8, 4) is 0 Å². The number of rotatable bonds is 1. The normalized spacial score (nSPS) is 41.7. The minimum atomic E-state index is -0.828. The lowest BCUT2D eigenvalue weighted by Gasteiger charge is -2.36. The highest BCUT2D eigenvalue weighted by molar-refractivity contribution is 4.90. The van der Waals surface area contributed by atoms with Crippen LogP contribution in [0.25, 0.3) is 0 Å². The Kier molecular flexibility index (Phi) is 2.28. The fourth-order valence-electron chi connectivity index (χ4n) is 1.31. The SMILES string of the molecule is CCC1(O)CCNCC1O. The zero-order valence-corrected chi connectivity index (χ0v) is 6.30. The van der Waals surface area contributed by atoms with Gasteiger partial charge >= 0.3 is 0 Å². The Morgan fingerprint density at radius 1 is 1.70 bits per heavy atom. The molecule has 0 aromatic carbocycles. The topological polar surface area (TPSA) is 52.5 Å². The molecule has 0 saturated carbocycles. The van der Waals surface area contributed by atoms with Gasteiger partial charge in [0.15, 0.2) is 0 Å². The van der Waals surface area contributed by atoms with E-state index in [1.165, 1.54) is 0 Å². The van der Waals surface area contributed by atoms with Crippen LogP contribution >= 0.6 is 0 Å². The van der Waals surface area contributed by atoms with E-state index >= 15 is 0 Å². The maximum Gasteiger partial charge on any atom is 0.0951 e. The molecule has 0 aliphatic carbocycles. The van der Waals surface area contributed by atoms with Crippen LogP contribution in [0.3, 0.4) is 0 Å². The van der Waals surface area contributed by atoms with Gasteiger partial charge in [-0.3, -0.25) is 0 Å². The summed E-state index contributed by atoms with van der Waals surface area (Å²) in [6.45, 7) is 3.22. The minimum Gasteiger partial charge on any atom is -0.389 e. The van der Waals surface area contributed by atoms with Crippen LogP contribution in [0.1, 0.15) is 19.8 Å². The van der Waals surface area contributed by atoms with E-state index < -0.39 is 11.7 Å². The van der Waals surface area contributed by atoms with Crippen molar-refractivity contribution in [3.63, 3.8) is 0 Å². The molecule has 2 unspecified atom stereocenters. The summed E-state index contributed by atoms with van der Waals surface area (Å²) in [6.07, 6.45) is 0.701. The lowest BCUT2D eigenvalue weighted by molar-refractivity contribution is -0.0937. The van der Waals surface area contributed by atoms with E-state index in [9.17, 15) is 10.2 Å². The van der Waals surface area contributed by atoms with Crippen LogP contribution in [0.4, 0.5) is 0 Å². The number of aliphatic hydroxyl groups is 2. The Hall–Kier alpha value is -0.120. The summed E-state index contributed by atoms with van der Waals surface area (Å²) >= 11 is 0. The van der Waals surface area contributed by atoms with E-state index in [0.717, 1.165) is 6.54 Å². The average molecular weight is 145 g/mol. The van der Waals surface area contributed by atoms with E-state index in [4.69, 9.17) is 0 Å². The van der Waals surface area contributed by atoms with Gasteiger partial charge in [0.25, 0.3) is 0 Å². The van der Waals surface area contributed by atoms with Crippen molar-refractivity contribution in [1.29, 1.82) is 0 Å². The van der Waals surface area contributed by atoms with Gasteiger partial charge in [-0.15, -0.1) is 0 Å². The second-order valence-electron chi connectivity index (χ2n) is 2.93. The molecule has 0 bridgehead atoms. The minimum absolute atomic E-state index is 0.518. The maximum atomic E-state index is 9.66. The van der Waals surface area contributed by atoms with Crippen molar-refractivity contribution in [3.05, 3.63) is 0 Å². The van der Waals surface area contributed by atoms with Gasteiger partial charge < -0.3 is 15.5 Å². The third-order valence-corrected chi connectivity index (χ3v) is 2.30. The van der Waals surface area contributed by atoms with Crippen LogP contribution in [0.15, 0.2) is 0 Å². The third-order valence-electron chi connectivity index (χ3n) is 2.30. The van der Waals surface area contributed by atoms with Crippen LogP contribution in [-0.2, 0) is 0 Å². The number of piperidine rings is 1. The van der Waals surface area contributed by atoms with Crippen LogP contribution in [0.5, 0.6) is 0 Å². The third kappa shape index (κ3) is 1.31. The zero-order chi connectivity index (χ0) is 7.61. The van der Waals surface area contributed by atoms with Gasteiger partial charge in [-0.2, -0.15) is 0 Å². The van der Waals surface area contributed by atoms with Crippen molar-refractivity contribution in [2.24, 2.45) is 0 Å². The van der Waals surface area contributed by atoms with E-state index in [2.05, 4.69) is 5.32 Å². The van der Waals surface area contributed by atoms with Crippen molar-refractivity contribution < 1.29 is 10.2 Å². The highest BCUT2D eigenvalue weighted by atomic mass is 16.3.